The van der Waals surface area contributed by atoms with Crippen LogP contribution in [0.4, 0.5) is 0 Å². The number of ether oxygens (including phenoxy) is 1. The molecule has 0 saturated heterocycles. The highest BCUT2D eigenvalue weighted by Crippen LogP contribution is 2.23. The van der Waals surface area contributed by atoms with E-state index in [0.29, 0.717) is 35.6 Å². The molecule has 0 fully saturated rings. The summed E-state index contributed by atoms with van der Waals surface area (Å²) in [5.74, 6) is 0.529. The average molecular weight is 466 g/mol. The number of amides is 1. The predicted octanol–water partition coefficient (Wildman–Crippen LogP) is 3.83. The standard InChI is InChI=1S/C27H23N5O3/c1-32-24-14-21(16-29-25(24)31-27(32)34)19-7-5-8-20(13-19)26(33)30-15-18-6-4-10-23(12-18)35-17-22-9-2-3-11-28-22/h2-14,16H,15,17H2,1H3,(H,30,33)(H,29,31,34). The average Bonchev–Trinajstić information content (AvgIpc) is 3.19. The summed E-state index contributed by atoms with van der Waals surface area (Å²) in [7, 11) is 1.69. The van der Waals surface area contributed by atoms with Crippen LogP contribution in [0.1, 0.15) is 21.6 Å². The number of aryl methyl sites for hydroxylation is 1. The molecule has 0 saturated carbocycles. The van der Waals surface area contributed by atoms with Crippen molar-refractivity contribution in [3.05, 3.63) is 112 Å². The van der Waals surface area contributed by atoms with Gasteiger partial charge in [0.2, 0.25) is 0 Å². The Hall–Kier alpha value is -4.72. The Balaban J connectivity index is 1.26. The Labute approximate surface area is 201 Å². The molecule has 0 radical (unpaired) electrons. The summed E-state index contributed by atoms with van der Waals surface area (Å²) in [6.07, 6.45) is 3.42. The maximum atomic E-state index is 12.9. The van der Waals surface area contributed by atoms with Gasteiger partial charge in [-0.05, 0) is 53.6 Å². The van der Waals surface area contributed by atoms with Crippen LogP contribution in [-0.4, -0.2) is 25.4 Å². The van der Waals surface area contributed by atoms with Crippen molar-refractivity contribution in [1.82, 2.24) is 24.8 Å². The van der Waals surface area contributed by atoms with E-state index in [1.807, 2.05) is 66.7 Å². The highest BCUT2D eigenvalue weighted by Gasteiger charge is 2.10. The summed E-state index contributed by atoms with van der Waals surface area (Å²) in [5.41, 5.74) is 4.98. The summed E-state index contributed by atoms with van der Waals surface area (Å²) in [6, 6.07) is 22.5. The molecule has 3 heterocycles. The number of imidazole rings is 1. The number of carbonyl (C=O) groups is 1. The summed E-state index contributed by atoms with van der Waals surface area (Å²) in [5, 5.41) is 2.96. The van der Waals surface area contributed by atoms with E-state index in [1.165, 1.54) is 4.57 Å². The lowest BCUT2D eigenvalue weighted by Crippen LogP contribution is -2.22. The lowest BCUT2D eigenvalue weighted by Gasteiger charge is -2.10. The monoisotopic (exact) mass is 465 g/mol. The van der Waals surface area contributed by atoms with Gasteiger partial charge in [-0.15, -0.1) is 0 Å². The highest BCUT2D eigenvalue weighted by molar-refractivity contribution is 5.95. The number of fused-ring (bicyclic) bond motifs is 1. The number of nitrogens with zero attached hydrogens (tertiary/aromatic N) is 3. The topological polar surface area (TPSA) is 102 Å². The van der Waals surface area contributed by atoms with Crippen molar-refractivity contribution in [3.8, 4) is 16.9 Å². The van der Waals surface area contributed by atoms with Gasteiger partial charge in [0.25, 0.3) is 5.91 Å². The fraction of sp³-hybridized carbons (Fsp3) is 0.111. The van der Waals surface area contributed by atoms with Crippen LogP contribution in [0.15, 0.2) is 90.0 Å². The zero-order valence-corrected chi connectivity index (χ0v) is 19.1. The third-order valence-corrected chi connectivity index (χ3v) is 5.68. The Morgan fingerprint density at radius 1 is 1.00 bits per heavy atom. The van der Waals surface area contributed by atoms with Crippen molar-refractivity contribution in [2.45, 2.75) is 13.2 Å². The predicted molar refractivity (Wildman–Crippen MR) is 133 cm³/mol. The van der Waals surface area contributed by atoms with Gasteiger partial charge in [0.05, 0.1) is 11.2 Å². The lowest BCUT2D eigenvalue weighted by atomic mass is 10.0. The van der Waals surface area contributed by atoms with Crippen LogP contribution < -0.4 is 15.7 Å². The van der Waals surface area contributed by atoms with Crippen molar-refractivity contribution in [3.63, 3.8) is 0 Å². The van der Waals surface area contributed by atoms with Gasteiger partial charge >= 0.3 is 5.69 Å². The van der Waals surface area contributed by atoms with Crippen LogP contribution in [0.3, 0.4) is 0 Å². The van der Waals surface area contributed by atoms with Crippen molar-refractivity contribution in [1.29, 1.82) is 0 Å². The van der Waals surface area contributed by atoms with Crippen LogP contribution in [0, 0.1) is 0 Å². The van der Waals surface area contributed by atoms with Crippen molar-refractivity contribution in [2.24, 2.45) is 7.05 Å². The molecule has 0 unspecified atom stereocenters. The number of pyridine rings is 2. The number of carbonyl (C=O) groups excluding carboxylic acids is 1. The molecule has 174 valence electrons. The van der Waals surface area contributed by atoms with Gasteiger partial charge in [0.1, 0.15) is 12.4 Å². The largest absolute Gasteiger partial charge is 0.487 e. The first-order chi connectivity index (χ1) is 17.1. The summed E-state index contributed by atoms with van der Waals surface area (Å²) in [6.45, 7) is 0.740. The van der Waals surface area contributed by atoms with Gasteiger partial charge in [-0.2, -0.15) is 0 Å². The molecule has 2 N–H and O–H groups in total. The molecule has 8 nitrogen and oxygen atoms in total. The molecule has 0 aliphatic rings. The van der Waals surface area contributed by atoms with E-state index in [0.717, 1.165) is 22.4 Å². The molecule has 1 amide bonds. The number of hydrogen-bond acceptors (Lipinski definition) is 5. The minimum Gasteiger partial charge on any atom is -0.487 e. The first-order valence-electron chi connectivity index (χ1n) is 11.1. The zero-order valence-electron chi connectivity index (χ0n) is 19.1. The molecular formula is C27H23N5O3. The molecule has 0 aliphatic heterocycles. The Bertz CT molecular complexity index is 1560. The first kappa shape index (κ1) is 22.1. The molecule has 3 aromatic heterocycles. The van der Waals surface area contributed by atoms with Crippen molar-refractivity contribution >= 4 is 17.1 Å². The third kappa shape index (κ3) is 4.96. The molecule has 0 atom stereocenters. The van der Waals surface area contributed by atoms with E-state index < -0.39 is 0 Å². The maximum Gasteiger partial charge on any atom is 0.327 e. The fourth-order valence-corrected chi connectivity index (χ4v) is 3.77. The third-order valence-electron chi connectivity index (χ3n) is 5.68. The van der Waals surface area contributed by atoms with E-state index in [9.17, 15) is 9.59 Å². The number of rotatable bonds is 7. The van der Waals surface area contributed by atoms with E-state index in [1.54, 1.807) is 25.5 Å². The van der Waals surface area contributed by atoms with Crippen molar-refractivity contribution < 1.29 is 9.53 Å². The second kappa shape index (κ2) is 9.64. The number of aromatic nitrogens is 4. The number of hydrogen-bond donors (Lipinski definition) is 2. The second-order valence-corrected chi connectivity index (χ2v) is 8.10. The zero-order chi connectivity index (χ0) is 24.2. The van der Waals surface area contributed by atoms with Crippen LogP contribution in [-0.2, 0) is 20.2 Å². The Kier molecular flexibility index (Phi) is 6.09. The molecule has 5 rings (SSSR count). The molecule has 8 heteroatoms. The Morgan fingerprint density at radius 3 is 2.74 bits per heavy atom. The van der Waals surface area contributed by atoms with Crippen LogP contribution >= 0.6 is 0 Å². The normalized spacial score (nSPS) is 10.9. The minimum atomic E-state index is -0.219. The van der Waals surface area contributed by atoms with E-state index in [-0.39, 0.29) is 11.6 Å². The quantitative estimate of drug-likeness (QED) is 0.380. The number of nitrogens with one attached hydrogen (secondary N) is 2. The molecule has 2 aromatic carbocycles. The van der Waals surface area contributed by atoms with E-state index in [2.05, 4.69) is 20.3 Å². The van der Waals surface area contributed by atoms with Gasteiger partial charge in [-0.1, -0.05) is 30.3 Å². The number of benzene rings is 2. The van der Waals surface area contributed by atoms with Gasteiger partial charge in [-0.3, -0.25) is 19.3 Å². The second-order valence-electron chi connectivity index (χ2n) is 8.10. The molecular weight excluding hydrogens is 442 g/mol. The number of H-pyrrole nitrogens is 1. The summed E-state index contributed by atoms with van der Waals surface area (Å²) >= 11 is 0. The first-order valence-corrected chi connectivity index (χ1v) is 11.1. The van der Waals surface area contributed by atoms with Gasteiger partial charge in [0.15, 0.2) is 5.65 Å². The van der Waals surface area contributed by atoms with Crippen molar-refractivity contribution in [2.75, 3.05) is 0 Å². The fourth-order valence-electron chi connectivity index (χ4n) is 3.77. The minimum absolute atomic E-state index is 0.185. The number of aromatic amines is 1. The maximum absolute atomic E-state index is 12.9. The van der Waals surface area contributed by atoms with Gasteiger partial charge in [0, 0.05) is 37.1 Å². The highest BCUT2D eigenvalue weighted by atomic mass is 16.5. The summed E-state index contributed by atoms with van der Waals surface area (Å²) in [4.78, 5) is 36.0. The molecule has 35 heavy (non-hydrogen) atoms. The lowest BCUT2D eigenvalue weighted by molar-refractivity contribution is 0.0951. The van der Waals surface area contributed by atoms with Gasteiger partial charge < -0.3 is 10.1 Å². The molecule has 0 bridgehead atoms. The van der Waals surface area contributed by atoms with Crippen LogP contribution in [0.2, 0.25) is 0 Å². The van der Waals surface area contributed by atoms with Gasteiger partial charge in [-0.25, -0.2) is 9.78 Å². The van der Waals surface area contributed by atoms with E-state index >= 15 is 0 Å². The molecule has 0 spiro atoms. The van der Waals surface area contributed by atoms with E-state index in [4.69, 9.17) is 4.74 Å². The smallest absolute Gasteiger partial charge is 0.327 e. The van der Waals surface area contributed by atoms with Crippen LogP contribution in [0.5, 0.6) is 5.75 Å². The summed E-state index contributed by atoms with van der Waals surface area (Å²) < 4.78 is 7.34. The SMILES string of the molecule is Cn1c(=O)[nH]c2ncc(-c3cccc(C(=O)NCc4cccc(OCc5ccccn5)c4)c3)cc21. The molecule has 5 aromatic rings. The Morgan fingerprint density at radius 2 is 1.89 bits per heavy atom. The van der Waals surface area contributed by atoms with Crippen LogP contribution in [0.25, 0.3) is 22.3 Å². The molecule has 0 aliphatic carbocycles.